The van der Waals surface area contributed by atoms with E-state index >= 15 is 0 Å². The number of fused-ring (bicyclic) bond motifs is 1. The van der Waals surface area contributed by atoms with E-state index in [1.165, 1.54) is 0 Å². The lowest BCUT2D eigenvalue weighted by Crippen LogP contribution is -2.44. The maximum atomic E-state index is 12.3. The van der Waals surface area contributed by atoms with Crippen molar-refractivity contribution >= 4 is 16.6 Å². The molecule has 23 heavy (non-hydrogen) atoms. The number of nitrogens with zero attached hydrogens (tertiary/aromatic N) is 3. The van der Waals surface area contributed by atoms with Gasteiger partial charge in [-0.3, -0.25) is 0 Å². The summed E-state index contributed by atoms with van der Waals surface area (Å²) in [7, 11) is 1.62. The van der Waals surface area contributed by atoms with Gasteiger partial charge in [-0.15, -0.1) is 0 Å². The van der Waals surface area contributed by atoms with Crippen LogP contribution in [0.4, 0.5) is 14.5 Å². The SMILES string of the molecule is COc1ccc2c(N3CCC(NCC(F)F)CC3)cnnc2c1. The summed E-state index contributed by atoms with van der Waals surface area (Å²) in [6.07, 6.45) is 1.15. The summed E-state index contributed by atoms with van der Waals surface area (Å²) >= 11 is 0. The fraction of sp³-hybridized carbons (Fsp3) is 0.500. The third-order valence-corrected chi connectivity index (χ3v) is 4.22. The quantitative estimate of drug-likeness (QED) is 0.916. The van der Waals surface area contributed by atoms with Gasteiger partial charge >= 0.3 is 0 Å². The summed E-state index contributed by atoms with van der Waals surface area (Å²) in [5.74, 6) is 0.749. The standard InChI is InChI=1S/C16H20F2N4O/c1-23-12-2-3-13-14(8-12)21-20-9-15(13)22-6-4-11(5-7-22)19-10-16(17)18/h2-3,8-9,11,16,19H,4-7,10H2,1H3. The fourth-order valence-corrected chi connectivity index (χ4v) is 2.99. The van der Waals surface area contributed by atoms with Gasteiger partial charge in [0.25, 0.3) is 6.43 Å². The van der Waals surface area contributed by atoms with Crippen LogP contribution in [0, 0.1) is 0 Å². The highest BCUT2D eigenvalue weighted by Crippen LogP contribution is 2.29. The Morgan fingerprint density at radius 2 is 2.13 bits per heavy atom. The molecule has 5 nitrogen and oxygen atoms in total. The van der Waals surface area contributed by atoms with Crippen molar-refractivity contribution in [2.24, 2.45) is 0 Å². The minimum Gasteiger partial charge on any atom is -0.497 e. The molecule has 1 aromatic carbocycles. The van der Waals surface area contributed by atoms with Crippen LogP contribution in [0.15, 0.2) is 24.4 Å². The van der Waals surface area contributed by atoms with Gasteiger partial charge in [0.15, 0.2) is 0 Å². The van der Waals surface area contributed by atoms with Crippen LogP contribution in [0.1, 0.15) is 12.8 Å². The van der Waals surface area contributed by atoms with Gasteiger partial charge < -0.3 is 15.0 Å². The first kappa shape index (κ1) is 15.9. The summed E-state index contributed by atoms with van der Waals surface area (Å²) in [6.45, 7) is 1.39. The first-order valence-corrected chi connectivity index (χ1v) is 7.73. The highest BCUT2D eigenvalue weighted by Gasteiger charge is 2.21. The molecule has 0 aliphatic carbocycles. The Hall–Kier alpha value is -2.02. The third-order valence-electron chi connectivity index (χ3n) is 4.22. The molecule has 1 N–H and O–H groups in total. The molecule has 3 rings (SSSR count). The van der Waals surface area contributed by atoms with E-state index in [9.17, 15) is 8.78 Å². The van der Waals surface area contributed by atoms with Gasteiger partial charge in [-0.05, 0) is 25.0 Å². The number of methoxy groups -OCH3 is 1. The molecule has 1 aliphatic heterocycles. The van der Waals surface area contributed by atoms with Crippen molar-refractivity contribution in [1.82, 2.24) is 15.5 Å². The first-order chi connectivity index (χ1) is 11.2. The molecule has 0 atom stereocenters. The highest BCUT2D eigenvalue weighted by atomic mass is 19.3. The van der Waals surface area contributed by atoms with Crippen LogP contribution in [0.25, 0.3) is 10.9 Å². The summed E-state index contributed by atoms with van der Waals surface area (Å²) in [5.41, 5.74) is 1.82. The molecule has 0 saturated carbocycles. The zero-order chi connectivity index (χ0) is 16.2. The number of piperidine rings is 1. The number of anilines is 1. The molecule has 1 fully saturated rings. The van der Waals surface area contributed by atoms with Crippen molar-refractivity contribution in [3.05, 3.63) is 24.4 Å². The van der Waals surface area contributed by atoms with E-state index in [4.69, 9.17) is 4.74 Å². The lowest BCUT2D eigenvalue weighted by Gasteiger charge is -2.34. The first-order valence-electron chi connectivity index (χ1n) is 7.73. The average Bonchev–Trinajstić information content (AvgIpc) is 2.59. The zero-order valence-electron chi connectivity index (χ0n) is 13.0. The van der Waals surface area contributed by atoms with Crippen molar-refractivity contribution in [2.75, 3.05) is 31.6 Å². The lowest BCUT2D eigenvalue weighted by molar-refractivity contribution is 0.139. The lowest BCUT2D eigenvalue weighted by atomic mass is 10.0. The van der Waals surface area contributed by atoms with Gasteiger partial charge in [0.05, 0.1) is 31.1 Å². The zero-order valence-corrected chi connectivity index (χ0v) is 13.0. The number of rotatable bonds is 5. The molecule has 1 saturated heterocycles. The van der Waals surface area contributed by atoms with Crippen molar-refractivity contribution in [3.63, 3.8) is 0 Å². The van der Waals surface area contributed by atoms with Crippen LogP contribution in [0.5, 0.6) is 5.75 Å². The van der Waals surface area contributed by atoms with Crippen LogP contribution < -0.4 is 15.0 Å². The number of hydrogen-bond acceptors (Lipinski definition) is 5. The van der Waals surface area contributed by atoms with Gasteiger partial charge in [-0.1, -0.05) is 0 Å². The van der Waals surface area contributed by atoms with E-state index in [0.29, 0.717) is 0 Å². The van der Waals surface area contributed by atoms with E-state index in [-0.39, 0.29) is 12.6 Å². The molecule has 7 heteroatoms. The predicted octanol–water partition coefficient (Wildman–Crippen LogP) is 2.46. The molecule has 1 aromatic heterocycles. The summed E-state index contributed by atoms with van der Waals surface area (Å²) in [4.78, 5) is 2.24. The normalized spacial score (nSPS) is 16.3. The number of halogens is 2. The molecule has 1 aliphatic rings. The Kier molecular flexibility index (Phi) is 4.85. The highest BCUT2D eigenvalue weighted by molar-refractivity contribution is 5.91. The van der Waals surface area contributed by atoms with Crippen LogP contribution in [0.3, 0.4) is 0 Å². The Balaban J connectivity index is 1.72. The Bertz CT molecular complexity index is 660. The van der Waals surface area contributed by atoms with Crippen molar-refractivity contribution in [2.45, 2.75) is 25.3 Å². The number of ether oxygens (including phenoxy) is 1. The number of aromatic nitrogens is 2. The summed E-state index contributed by atoms with van der Waals surface area (Å²) < 4.78 is 29.8. The minimum atomic E-state index is -2.30. The Labute approximate surface area is 133 Å². The van der Waals surface area contributed by atoms with Gasteiger partial charge in [-0.25, -0.2) is 8.78 Å². The second-order valence-corrected chi connectivity index (χ2v) is 5.67. The molecule has 0 radical (unpaired) electrons. The number of benzene rings is 1. The molecule has 0 amide bonds. The average molecular weight is 322 g/mol. The fourth-order valence-electron chi connectivity index (χ4n) is 2.99. The molecule has 124 valence electrons. The smallest absolute Gasteiger partial charge is 0.250 e. The number of hydrogen-bond donors (Lipinski definition) is 1. The number of alkyl halides is 2. The van der Waals surface area contributed by atoms with Crippen LogP contribution in [-0.4, -0.2) is 49.4 Å². The van der Waals surface area contributed by atoms with Gasteiger partial charge in [0, 0.05) is 30.6 Å². The maximum Gasteiger partial charge on any atom is 0.250 e. The summed E-state index contributed by atoms with van der Waals surface area (Å²) in [6, 6.07) is 5.91. The molecular weight excluding hydrogens is 302 g/mol. The van der Waals surface area contributed by atoms with Crippen molar-refractivity contribution in [1.29, 1.82) is 0 Å². The molecule has 0 unspecified atom stereocenters. The summed E-state index contributed by atoms with van der Waals surface area (Å²) in [5, 5.41) is 12.2. The monoisotopic (exact) mass is 322 g/mol. The predicted molar refractivity (Wildman–Crippen MR) is 85.3 cm³/mol. The Morgan fingerprint density at radius 1 is 1.35 bits per heavy atom. The molecule has 2 heterocycles. The molecular formula is C16H20F2N4O. The second kappa shape index (κ2) is 7.04. The largest absolute Gasteiger partial charge is 0.497 e. The molecule has 0 bridgehead atoms. The van der Waals surface area contributed by atoms with E-state index in [0.717, 1.165) is 48.3 Å². The van der Waals surface area contributed by atoms with Gasteiger partial charge in [0.1, 0.15) is 5.75 Å². The van der Waals surface area contributed by atoms with Crippen LogP contribution in [-0.2, 0) is 0 Å². The minimum absolute atomic E-state index is 0.154. The van der Waals surface area contributed by atoms with E-state index < -0.39 is 6.43 Å². The molecule has 0 spiro atoms. The van der Waals surface area contributed by atoms with E-state index in [2.05, 4.69) is 20.4 Å². The van der Waals surface area contributed by atoms with Crippen LogP contribution >= 0.6 is 0 Å². The van der Waals surface area contributed by atoms with Crippen LogP contribution in [0.2, 0.25) is 0 Å². The van der Waals surface area contributed by atoms with Gasteiger partial charge in [0.2, 0.25) is 0 Å². The number of nitrogens with one attached hydrogen (secondary N) is 1. The third kappa shape index (κ3) is 3.67. The topological polar surface area (TPSA) is 50.3 Å². The Morgan fingerprint density at radius 3 is 2.83 bits per heavy atom. The second-order valence-electron chi connectivity index (χ2n) is 5.67. The van der Waals surface area contributed by atoms with Gasteiger partial charge in [-0.2, -0.15) is 10.2 Å². The maximum absolute atomic E-state index is 12.3. The van der Waals surface area contributed by atoms with E-state index in [1.807, 2.05) is 18.2 Å². The van der Waals surface area contributed by atoms with Crippen molar-refractivity contribution < 1.29 is 13.5 Å². The molecule has 2 aromatic rings. The van der Waals surface area contributed by atoms with E-state index in [1.54, 1.807) is 13.3 Å². The van der Waals surface area contributed by atoms with Crippen molar-refractivity contribution in [3.8, 4) is 5.75 Å².